The van der Waals surface area contributed by atoms with Gasteiger partial charge in [-0.2, -0.15) is 4.98 Å². The average Bonchev–Trinajstić information content (AvgIpc) is 2.97. The zero-order chi connectivity index (χ0) is 15.6. The standard InChI is InChI=1S/C17H20N6/c1-12-11-15(23-9-5-2-6-10-23)21-16(18-12)22-17-19-13-7-3-4-8-14(13)20-17/h3-4,7-8,11H,2,5-6,9-10H2,1H3,(H2,18,19,20,21,22). The van der Waals surface area contributed by atoms with Crippen LogP contribution >= 0.6 is 0 Å². The number of benzene rings is 1. The summed E-state index contributed by atoms with van der Waals surface area (Å²) in [7, 11) is 0. The van der Waals surface area contributed by atoms with Gasteiger partial charge < -0.3 is 9.88 Å². The van der Waals surface area contributed by atoms with Crippen LogP contribution in [0.25, 0.3) is 11.0 Å². The van der Waals surface area contributed by atoms with Crippen molar-refractivity contribution in [2.75, 3.05) is 23.3 Å². The van der Waals surface area contributed by atoms with Crippen LogP contribution in [0.2, 0.25) is 0 Å². The van der Waals surface area contributed by atoms with Gasteiger partial charge in [-0.25, -0.2) is 9.97 Å². The van der Waals surface area contributed by atoms with Crippen molar-refractivity contribution in [1.82, 2.24) is 19.9 Å². The number of aromatic nitrogens is 4. The molecule has 0 radical (unpaired) electrons. The highest BCUT2D eigenvalue weighted by Crippen LogP contribution is 2.21. The van der Waals surface area contributed by atoms with E-state index in [9.17, 15) is 0 Å². The van der Waals surface area contributed by atoms with E-state index in [1.807, 2.05) is 31.2 Å². The van der Waals surface area contributed by atoms with Crippen molar-refractivity contribution in [2.45, 2.75) is 26.2 Å². The third-order valence-electron chi connectivity index (χ3n) is 4.14. The summed E-state index contributed by atoms with van der Waals surface area (Å²) in [5, 5.41) is 3.20. The van der Waals surface area contributed by atoms with Crippen molar-refractivity contribution in [2.24, 2.45) is 0 Å². The molecule has 6 nitrogen and oxygen atoms in total. The average molecular weight is 308 g/mol. The van der Waals surface area contributed by atoms with Crippen LogP contribution < -0.4 is 10.2 Å². The molecule has 0 saturated carbocycles. The van der Waals surface area contributed by atoms with Gasteiger partial charge in [-0.15, -0.1) is 0 Å². The van der Waals surface area contributed by atoms with Crippen molar-refractivity contribution in [3.8, 4) is 0 Å². The van der Waals surface area contributed by atoms with Gasteiger partial charge in [0.15, 0.2) is 0 Å². The van der Waals surface area contributed by atoms with E-state index in [2.05, 4.69) is 36.2 Å². The fourth-order valence-corrected chi connectivity index (χ4v) is 3.01. The number of hydrogen-bond donors (Lipinski definition) is 2. The number of hydrogen-bond acceptors (Lipinski definition) is 5. The molecule has 1 aromatic carbocycles. The number of H-pyrrole nitrogens is 1. The summed E-state index contributed by atoms with van der Waals surface area (Å²) in [5.74, 6) is 2.25. The highest BCUT2D eigenvalue weighted by Gasteiger charge is 2.14. The molecular formula is C17H20N6. The summed E-state index contributed by atoms with van der Waals surface area (Å²) in [5.41, 5.74) is 2.89. The quantitative estimate of drug-likeness (QED) is 0.776. The van der Waals surface area contributed by atoms with Gasteiger partial charge in [0.05, 0.1) is 11.0 Å². The summed E-state index contributed by atoms with van der Waals surface area (Å²) >= 11 is 0. The molecule has 1 aliphatic heterocycles. The minimum atomic E-state index is 0.588. The van der Waals surface area contributed by atoms with E-state index >= 15 is 0 Å². The van der Waals surface area contributed by atoms with Crippen LogP contribution in [0.15, 0.2) is 30.3 Å². The third kappa shape index (κ3) is 2.97. The summed E-state index contributed by atoms with van der Waals surface area (Å²) < 4.78 is 0. The smallest absolute Gasteiger partial charge is 0.231 e. The molecule has 118 valence electrons. The second-order valence-corrected chi connectivity index (χ2v) is 5.97. The van der Waals surface area contributed by atoms with Gasteiger partial charge in [-0.05, 0) is 38.3 Å². The SMILES string of the molecule is Cc1cc(N2CCCCC2)nc(Nc2nc3ccccc3[nH]2)n1. The third-order valence-corrected chi connectivity index (χ3v) is 4.14. The first-order chi connectivity index (χ1) is 11.3. The van der Waals surface area contributed by atoms with E-state index in [0.29, 0.717) is 11.9 Å². The maximum absolute atomic E-state index is 4.67. The lowest BCUT2D eigenvalue weighted by molar-refractivity contribution is 0.573. The maximum Gasteiger partial charge on any atom is 0.231 e. The molecule has 0 amide bonds. The van der Waals surface area contributed by atoms with Crippen molar-refractivity contribution >= 4 is 28.7 Å². The highest BCUT2D eigenvalue weighted by atomic mass is 15.3. The molecule has 23 heavy (non-hydrogen) atoms. The highest BCUT2D eigenvalue weighted by molar-refractivity contribution is 5.77. The Balaban J connectivity index is 1.61. The number of aromatic amines is 1. The second kappa shape index (κ2) is 5.87. The summed E-state index contributed by atoms with van der Waals surface area (Å²) in [6.45, 7) is 4.14. The zero-order valence-corrected chi connectivity index (χ0v) is 13.2. The van der Waals surface area contributed by atoms with Crippen LogP contribution in [0.4, 0.5) is 17.7 Å². The number of piperidine rings is 1. The fraction of sp³-hybridized carbons (Fsp3) is 0.353. The molecule has 0 aliphatic carbocycles. The van der Waals surface area contributed by atoms with Crippen LogP contribution in [0.3, 0.4) is 0 Å². The number of para-hydroxylation sites is 2. The molecule has 0 bridgehead atoms. The molecule has 2 aromatic heterocycles. The molecule has 1 fully saturated rings. The Morgan fingerprint density at radius 3 is 2.70 bits per heavy atom. The van der Waals surface area contributed by atoms with E-state index in [1.165, 1.54) is 19.3 Å². The molecule has 3 heterocycles. The first-order valence-corrected chi connectivity index (χ1v) is 8.10. The predicted molar refractivity (Wildman–Crippen MR) is 92.2 cm³/mol. The number of aryl methyl sites for hydroxylation is 1. The van der Waals surface area contributed by atoms with Crippen molar-refractivity contribution in [1.29, 1.82) is 0 Å². The van der Waals surface area contributed by atoms with Crippen molar-refractivity contribution < 1.29 is 0 Å². The van der Waals surface area contributed by atoms with Gasteiger partial charge in [0.1, 0.15) is 5.82 Å². The Hall–Kier alpha value is -2.63. The second-order valence-electron chi connectivity index (χ2n) is 5.97. The number of anilines is 3. The Labute approximate surface area is 135 Å². The lowest BCUT2D eigenvalue weighted by Gasteiger charge is -2.28. The molecular weight excluding hydrogens is 288 g/mol. The van der Waals surface area contributed by atoms with Gasteiger partial charge in [0.25, 0.3) is 0 Å². The normalized spacial score (nSPS) is 15.1. The number of rotatable bonds is 3. The molecule has 0 unspecified atom stereocenters. The fourth-order valence-electron chi connectivity index (χ4n) is 3.01. The van der Waals surface area contributed by atoms with Crippen LogP contribution in [0.1, 0.15) is 25.0 Å². The Bertz CT molecular complexity index is 786. The molecule has 1 saturated heterocycles. The molecule has 1 aliphatic rings. The number of imidazole rings is 1. The van der Waals surface area contributed by atoms with Crippen LogP contribution in [-0.4, -0.2) is 33.0 Å². The largest absolute Gasteiger partial charge is 0.356 e. The summed E-state index contributed by atoms with van der Waals surface area (Å²) in [6.07, 6.45) is 3.77. The molecule has 2 N–H and O–H groups in total. The Morgan fingerprint density at radius 2 is 1.87 bits per heavy atom. The lowest BCUT2D eigenvalue weighted by atomic mass is 10.1. The van der Waals surface area contributed by atoms with E-state index in [-0.39, 0.29) is 0 Å². The predicted octanol–water partition coefficient (Wildman–Crippen LogP) is 3.40. The van der Waals surface area contributed by atoms with E-state index in [4.69, 9.17) is 0 Å². The molecule has 0 atom stereocenters. The monoisotopic (exact) mass is 308 g/mol. The number of nitrogens with zero attached hydrogens (tertiary/aromatic N) is 4. The minimum absolute atomic E-state index is 0.588. The lowest BCUT2D eigenvalue weighted by Crippen LogP contribution is -2.30. The van der Waals surface area contributed by atoms with E-state index in [1.54, 1.807) is 0 Å². The van der Waals surface area contributed by atoms with Crippen LogP contribution in [0.5, 0.6) is 0 Å². The van der Waals surface area contributed by atoms with E-state index < -0.39 is 0 Å². The van der Waals surface area contributed by atoms with Gasteiger partial charge in [-0.3, -0.25) is 5.32 Å². The molecule has 4 rings (SSSR count). The van der Waals surface area contributed by atoms with Gasteiger partial charge in [0.2, 0.25) is 11.9 Å². The molecule has 6 heteroatoms. The van der Waals surface area contributed by atoms with E-state index in [0.717, 1.165) is 35.6 Å². The first-order valence-electron chi connectivity index (χ1n) is 8.10. The summed E-state index contributed by atoms with van der Waals surface area (Å²) in [6, 6.07) is 10.00. The molecule has 0 spiro atoms. The van der Waals surface area contributed by atoms with Gasteiger partial charge in [0, 0.05) is 24.8 Å². The van der Waals surface area contributed by atoms with Crippen LogP contribution in [-0.2, 0) is 0 Å². The maximum atomic E-state index is 4.67. The topological polar surface area (TPSA) is 69.7 Å². The van der Waals surface area contributed by atoms with Crippen molar-refractivity contribution in [3.63, 3.8) is 0 Å². The Morgan fingerprint density at radius 1 is 1.04 bits per heavy atom. The number of fused-ring (bicyclic) bond motifs is 1. The van der Waals surface area contributed by atoms with Gasteiger partial charge >= 0.3 is 0 Å². The Kier molecular flexibility index (Phi) is 3.57. The zero-order valence-electron chi connectivity index (χ0n) is 13.2. The molecule has 3 aromatic rings. The first kappa shape index (κ1) is 14.0. The van der Waals surface area contributed by atoms with Gasteiger partial charge in [-0.1, -0.05) is 12.1 Å². The van der Waals surface area contributed by atoms with Crippen molar-refractivity contribution in [3.05, 3.63) is 36.0 Å². The minimum Gasteiger partial charge on any atom is -0.356 e. The van der Waals surface area contributed by atoms with Crippen LogP contribution in [0, 0.1) is 6.92 Å². The summed E-state index contributed by atoms with van der Waals surface area (Å²) in [4.78, 5) is 19.3. The number of nitrogens with one attached hydrogen (secondary N) is 2.